The lowest BCUT2D eigenvalue weighted by molar-refractivity contribution is -0.137. The summed E-state index contributed by atoms with van der Waals surface area (Å²) in [5, 5.41) is 2.81. The van der Waals surface area contributed by atoms with E-state index in [-0.39, 0.29) is 31.2 Å². The third-order valence-corrected chi connectivity index (χ3v) is 4.98. The zero-order valence-corrected chi connectivity index (χ0v) is 17.3. The maximum Gasteiger partial charge on any atom is 0.243 e. The van der Waals surface area contributed by atoms with Crippen LogP contribution in [0.2, 0.25) is 0 Å². The number of nitrogens with one attached hydrogen (secondary N) is 1. The van der Waals surface area contributed by atoms with Crippen LogP contribution in [0, 0.1) is 6.92 Å². The second-order valence-electron chi connectivity index (χ2n) is 7.39. The zero-order valence-electron chi connectivity index (χ0n) is 17.3. The second kappa shape index (κ2) is 8.96. The third kappa shape index (κ3) is 5.26. The van der Waals surface area contributed by atoms with Crippen molar-refractivity contribution in [1.29, 1.82) is 0 Å². The van der Waals surface area contributed by atoms with Gasteiger partial charge in [0.1, 0.15) is 0 Å². The van der Waals surface area contributed by atoms with Crippen molar-refractivity contribution in [3.63, 3.8) is 0 Å². The van der Waals surface area contributed by atoms with Gasteiger partial charge in [-0.1, -0.05) is 23.8 Å². The van der Waals surface area contributed by atoms with Gasteiger partial charge in [-0.25, -0.2) is 0 Å². The van der Waals surface area contributed by atoms with Crippen molar-refractivity contribution in [1.82, 2.24) is 9.80 Å². The van der Waals surface area contributed by atoms with Crippen LogP contribution in [-0.2, 0) is 16.1 Å². The molecule has 0 bridgehead atoms. The molecule has 1 aliphatic heterocycles. The Kier molecular flexibility index (Phi) is 6.39. The van der Waals surface area contributed by atoms with Gasteiger partial charge in [-0.2, -0.15) is 0 Å². The van der Waals surface area contributed by atoms with Gasteiger partial charge in [-0.3, -0.25) is 14.5 Å². The van der Waals surface area contributed by atoms with Crippen molar-refractivity contribution >= 4 is 17.5 Å². The molecule has 0 unspecified atom stereocenters. The molecule has 0 aliphatic carbocycles. The van der Waals surface area contributed by atoms with Gasteiger partial charge in [0.2, 0.25) is 18.6 Å². The van der Waals surface area contributed by atoms with E-state index in [1.54, 1.807) is 7.05 Å². The second-order valence-corrected chi connectivity index (χ2v) is 7.39. The summed E-state index contributed by atoms with van der Waals surface area (Å²) in [5.74, 6) is 1.11. The molecule has 3 rings (SSSR count). The van der Waals surface area contributed by atoms with E-state index in [0.29, 0.717) is 6.54 Å². The van der Waals surface area contributed by atoms with Crippen LogP contribution in [0.25, 0.3) is 0 Å². The van der Waals surface area contributed by atoms with E-state index in [0.717, 1.165) is 28.3 Å². The molecular weight excluding hydrogens is 370 g/mol. The van der Waals surface area contributed by atoms with E-state index in [4.69, 9.17) is 9.47 Å². The molecule has 29 heavy (non-hydrogen) atoms. The number of rotatable bonds is 7. The highest BCUT2D eigenvalue weighted by Gasteiger charge is 2.24. The molecule has 0 radical (unpaired) electrons. The fraction of sp³-hybridized carbons (Fsp3) is 0.364. The predicted molar refractivity (Wildman–Crippen MR) is 111 cm³/mol. The quantitative estimate of drug-likeness (QED) is 0.778. The fourth-order valence-electron chi connectivity index (χ4n) is 3.10. The minimum Gasteiger partial charge on any atom is -0.454 e. The van der Waals surface area contributed by atoms with Gasteiger partial charge >= 0.3 is 0 Å². The van der Waals surface area contributed by atoms with Gasteiger partial charge < -0.3 is 19.7 Å². The largest absolute Gasteiger partial charge is 0.454 e. The summed E-state index contributed by atoms with van der Waals surface area (Å²) in [5.41, 5.74) is 2.86. The van der Waals surface area contributed by atoms with Crippen LogP contribution in [0.3, 0.4) is 0 Å². The summed E-state index contributed by atoms with van der Waals surface area (Å²) in [6.45, 7) is 4.63. The first-order chi connectivity index (χ1) is 13.8. The van der Waals surface area contributed by atoms with Gasteiger partial charge in [0, 0.05) is 19.3 Å². The van der Waals surface area contributed by atoms with Crippen molar-refractivity contribution in [2.24, 2.45) is 0 Å². The summed E-state index contributed by atoms with van der Waals surface area (Å²) in [6.07, 6.45) is 0. The van der Waals surface area contributed by atoms with Crippen LogP contribution in [0.4, 0.5) is 5.69 Å². The average molecular weight is 397 g/mol. The Hall–Kier alpha value is -3.06. The van der Waals surface area contributed by atoms with Crippen LogP contribution in [0.1, 0.15) is 18.1 Å². The average Bonchev–Trinajstić information content (AvgIpc) is 3.16. The van der Waals surface area contributed by atoms with Crippen molar-refractivity contribution in [2.45, 2.75) is 26.4 Å². The van der Waals surface area contributed by atoms with E-state index < -0.39 is 0 Å². The fourth-order valence-corrected chi connectivity index (χ4v) is 3.10. The molecule has 0 fully saturated rings. The predicted octanol–water partition coefficient (Wildman–Crippen LogP) is 2.64. The molecule has 1 aliphatic rings. The number of hydrogen-bond donors (Lipinski definition) is 1. The molecule has 0 saturated heterocycles. The molecule has 2 aromatic carbocycles. The number of carbonyl (C=O) groups is 2. The topological polar surface area (TPSA) is 71.1 Å². The normalized spacial score (nSPS) is 13.3. The van der Waals surface area contributed by atoms with E-state index in [1.165, 1.54) is 4.90 Å². The summed E-state index contributed by atoms with van der Waals surface area (Å²) in [6, 6.07) is 12.9. The van der Waals surface area contributed by atoms with Gasteiger partial charge in [0.25, 0.3) is 0 Å². The highest BCUT2D eigenvalue weighted by atomic mass is 16.7. The Labute approximate surface area is 171 Å². The minimum absolute atomic E-state index is 0.00505. The molecule has 2 amide bonds. The molecule has 1 N–H and O–H groups in total. The number of carbonyl (C=O) groups excluding carboxylic acids is 2. The van der Waals surface area contributed by atoms with Gasteiger partial charge in [-0.05, 0) is 50.7 Å². The molecule has 0 spiro atoms. The Balaban J connectivity index is 1.52. The van der Waals surface area contributed by atoms with Crippen LogP contribution >= 0.6 is 0 Å². The van der Waals surface area contributed by atoms with Crippen molar-refractivity contribution in [3.8, 4) is 11.5 Å². The van der Waals surface area contributed by atoms with Crippen molar-refractivity contribution in [2.75, 3.05) is 32.7 Å². The van der Waals surface area contributed by atoms with Crippen LogP contribution in [0.15, 0.2) is 42.5 Å². The van der Waals surface area contributed by atoms with Gasteiger partial charge in [0.05, 0.1) is 12.6 Å². The lowest BCUT2D eigenvalue weighted by Gasteiger charge is -2.28. The highest BCUT2D eigenvalue weighted by molar-refractivity contribution is 5.95. The SMILES string of the molecule is Cc1ccc(NC(=O)CN(C)C(=O)[C@@H](C)N(C)Cc2ccc3c(c2)OCO3)cc1. The molecule has 7 nitrogen and oxygen atoms in total. The standard InChI is InChI=1S/C22H27N3O4/c1-15-5-8-18(9-6-15)23-21(26)13-25(4)22(27)16(2)24(3)12-17-7-10-19-20(11-17)29-14-28-19/h5-11,16H,12-14H2,1-4H3,(H,23,26)/t16-/m1/s1. The number of anilines is 1. The smallest absolute Gasteiger partial charge is 0.243 e. The summed E-state index contributed by atoms with van der Waals surface area (Å²) in [7, 11) is 3.52. The van der Waals surface area contributed by atoms with E-state index in [1.807, 2.05) is 68.3 Å². The number of likely N-dealkylation sites (N-methyl/N-ethyl adjacent to an activating group) is 2. The first-order valence-electron chi connectivity index (χ1n) is 9.54. The molecule has 154 valence electrons. The summed E-state index contributed by atoms with van der Waals surface area (Å²) in [4.78, 5) is 28.4. The van der Waals surface area contributed by atoms with Crippen LogP contribution in [0.5, 0.6) is 11.5 Å². The maximum absolute atomic E-state index is 12.8. The van der Waals surface area contributed by atoms with Crippen LogP contribution < -0.4 is 14.8 Å². The molecule has 1 atom stereocenters. The van der Waals surface area contributed by atoms with Crippen molar-refractivity contribution in [3.05, 3.63) is 53.6 Å². The number of benzene rings is 2. The van der Waals surface area contributed by atoms with Gasteiger partial charge in [-0.15, -0.1) is 0 Å². The zero-order chi connectivity index (χ0) is 21.0. The Morgan fingerprint density at radius 3 is 2.48 bits per heavy atom. The first kappa shape index (κ1) is 20.7. The molecule has 2 aromatic rings. The lowest BCUT2D eigenvalue weighted by Crippen LogP contribution is -2.46. The monoisotopic (exact) mass is 397 g/mol. The number of fused-ring (bicyclic) bond motifs is 1. The number of hydrogen-bond acceptors (Lipinski definition) is 5. The number of nitrogens with zero attached hydrogens (tertiary/aromatic N) is 2. The maximum atomic E-state index is 12.8. The van der Waals surface area contributed by atoms with E-state index in [9.17, 15) is 9.59 Å². The summed E-state index contributed by atoms with van der Waals surface area (Å²) >= 11 is 0. The van der Waals surface area contributed by atoms with Crippen molar-refractivity contribution < 1.29 is 19.1 Å². The Bertz CT molecular complexity index is 882. The Morgan fingerprint density at radius 1 is 1.07 bits per heavy atom. The van der Waals surface area contributed by atoms with Gasteiger partial charge in [0.15, 0.2) is 11.5 Å². The van der Waals surface area contributed by atoms with E-state index >= 15 is 0 Å². The van der Waals surface area contributed by atoms with E-state index in [2.05, 4.69) is 5.32 Å². The molecule has 0 saturated carbocycles. The molecule has 1 heterocycles. The lowest BCUT2D eigenvalue weighted by atomic mass is 10.1. The number of aryl methyl sites for hydroxylation is 1. The third-order valence-electron chi connectivity index (χ3n) is 4.98. The molecular formula is C22H27N3O4. The molecule has 0 aromatic heterocycles. The number of amides is 2. The van der Waals surface area contributed by atoms with Crippen LogP contribution in [-0.4, -0.2) is 55.1 Å². The first-order valence-corrected chi connectivity index (χ1v) is 9.54. The Morgan fingerprint density at radius 2 is 1.76 bits per heavy atom. The minimum atomic E-state index is -0.377. The number of ether oxygens (including phenoxy) is 2. The summed E-state index contributed by atoms with van der Waals surface area (Å²) < 4.78 is 10.7. The highest BCUT2D eigenvalue weighted by Crippen LogP contribution is 2.32. The molecule has 7 heteroatoms.